The molecule has 9 nitrogen and oxygen atoms in total. The number of benzene rings is 2. The van der Waals surface area contributed by atoms with Crippen molar-refractivity contribution in [2.75, 3.05) is 30.6 Å². The van der Waals surface area contributed by atoms with Crippen molar-refractivity contribution in [3.05, 3.63) is 76.4 Å². The maximum atomic E-state index is 12.9. The molecular formula is C29H31N5O4S2. The molecule has 2 heterocycles. The number of fused-ring (bicyclic) bond motifs is 1. The fourth-order valence-corrected chi connectivity index (χ4v) is 6.91. The zero-order chi connectivity index (χ0) is 27.9. The summed E-state index contributed by atoms with van der Waals surface area (Å²) < 4.78 is 12.5. The minimum absolute atomic E-state index is 0.153. The van der Waals surface area contributed by atoms with Gasteiger partial charge >= 0.3 is 5.97 Å². The summed E-state index contributed by atoms with van der Waals surface area (Å²) in [5, 5.41) is 16.5. The molecule has 0 atom stereocenters. The van der Waals surface area contributed by atoms with E-state index in [1.807, 2.05) is 59.2 Å². The lowest BCUT2D eigenvalue weighted by Crippen LogP contribution is -2.15. The molecule has 11 heteroatoms. The van der Waals surface area contributed by atoms with Crippen LogP contribution in [0.1, 0.15) is 45.9 Å². The third-order valence-corrected chi connectivity index (χ3v) is 8.77. The summed E-state index contributed by atoms with van der Waals surface area (Å²) in [4.78, 5) is 26.6. The van der Waals surface area contributed by atoms with E-state index in [2.05, 4.69) is 20.8 Å². The molecule has 2 aromatic heterocycles. The number of carbonyl (C=O) groups is 2. The molecule has 1 amide bonds. The van der Waals surface area contributed by atoms with Crippen LogP contribution in [0.2, 0.25) is 0 Å². The quantitative estimate of drug-likeness (QED) is 0.172. The van der Waals surface area contributed by atoms with Crippen molar-refractivity contribution >= 4 is 45.7 Å². The summed E-state index contributed by atoms with van der Waals surface area (Å²) in [7, 11) is 3.02. The zero-order valence-corrected chi connectivity index (χ0v) is 24.1. The molecule has 0 saturated heterocycles. The summed E-state index contributed by atoms with van der Waals surface area (Å²) in [5.74, 6) is 1.43. The van der Waals surface area contributed by atoms with Crippen LogP contribution in [0.4, 0.5) is 10.7 Å². The number of aromatic nitrogens is 3. The van der Waals surface area contributed by atoms with Crippen LogP contribution in [-0.4, -0.2) is 46.6 Å². The molecule has 5 rings (SSSR count). The van der Waals surface area contributed by atoms with Gasteiger partial charge in [-0.05, 0) is 55.5 Å². The monoisotopic (exact) mass is 577 g/mol. The Bertz CT molecular complexity index is 1490. The van der Waals surface area contributed by atoms with E-state index in [1.54, 1.807) is 7.11 Å². The van der Waals surface area contributed by atoms with Gasteiger partial charge in [0.15, 0.2) is 11.0 Å². The first-order valence-corrected chi connectivity index (χ1v) is 14.9. The van der Waals surface area contributed by atoms with Gasteiger partial charge < -0.3 is 20.1 Å². The van der Waals surface area contributed by atoms with Gasteiger partial charge in [0, 0.05) is 22.7 Å². The largest absolute Gasteiger partial charge is 0.495 e. The van der Waals surface area contributed by atoms with Crippen LogP contribution in [0.5, 0.6) is 5.75 Å². The van der Waals surface area contributed by atoms with E-state index in [-0.39, 0.29) is 12.3 Å². The lowest BCUT2D eigenvalue weighted by atomic mass is 9.95. The zero-order valence-electron chi connectivity index (χ0n) is 22.4. The lowest BCUT2D eigenvalue weighted by Gasteiger charge is -2.13. The summed E-state index contributed by atoms with van der Waals surface area (Å²) in [6.45, 7) is 0.433. The minimum atomic E-state index is -0.394. The fraction of sp³-hybridized carbons (Fsp3) is 0.310. The number of carbonyl (C=O) groups excluding carboxylic acids is 2. The van der Waals surface area contributed by atoms with Crippen LogP contribution < -0.4 is 15.4 Å². The molecule has 0 fully saturated rings. The number of ether oxygens (including phenoxy) is 2. The number of hydrogen-bond acceptors (Lipinski definition) is 9. The van der Waals surface area contributed by atoms with Gasteiger partial charge in [-0.15, -0.1) is 21.5 Å². The van der Waals surface area contributed by atoms with Crippen LogP contribution in [0.3, 0.4) is 0 Å². The Labute approximate surface area is 241 Å². The number of para-hydroxylation sites is 3. The average molecular weight is 578 g/mol. The number of hydrogen-bond donors (Lipinski definition) is 2. The Kier molecular flexibility index (Phi) is 9.02. The van der Waals surface area contributed by atoms with Crippen molar-refractivity contribution in [3.8, 4) is 11.4 Å². The van der Waals surface area contributed by atoms with Crippen LogP contribution in [0, 0.1) is 0 Å². The standard InChI is InChI=1S/C29H31N5O4S2/c1-37-22-14-8-7-13-21(22)30-18-24-32-33-29(34(24)19-10-4-3-5-11-19)39-17-16-25(35)31-27-26(28(36)38-2)20-12-6-9-15-23(20)40-27/h3-5,7-8,10-11,13-14,30H,6,9,12,15-18H2,1-2H3,(H,31,35). The first-order chi connectivity index (χ1) is 19.6. The van der Waals surface area contributed by atoms with Gasteiger partial charge in [0.1, 0.15) is 10.8 Å². The topological polar surface area (TPSA) is 107 Å². The van der Waals surface area contributed by atoms with Crippen molar-refractivity contribution in [2.45, 2.75) is 43.8 Å². The second-order valence-corrected chi connectivity index (χ2v) is 11.3. The number of thiophene rings is 1. The highest BCUT2D eigenvalue weighted by Gasteiger charge is 2.27. The number of aryl methyl sites for hydroxylation is 1. The predicted octanol–water partition coefficient (Wildman–Crippen LogP) is 5.74. The summed E-state index contributed by atoms with van der Waals surface area (Å²) in [6.07, 6.45) is 4.15. The van der Waals surface area contributed by atoms with E-state index < -0.39 is 5.97 Å². The van der Waals surface area contributed by atoms with Crippen LogP contribution in [0.25, 0.3) is 5.69 Å². The minimum Gasteiger partial charge on any atom is -0.495 e. The van der Waals surface area contributed by atoms with Crippen molar-refractivity contribution < 1.29 is 19.1 Å². The van der Waals surface area contributed by atoms with Crippen molar-refractivity contribution in [3.63, 3.8) is 0 Å². The number of nitrogens with zero attached hydrogens (tertiary/aromatic N) is 3. The van der Waals surface area contributed by atoms with Crippen molar-refractivity contribution in [1.82, 2.24) is 14.8 Å². The Hall–Kier alpha value is -3.83. The van der Waals surface area contributed by atoms with E-state index in [0.29, 0.717) is 28.0 Å². The Morgan fingerprint density at radius 3 is 2.60 bits per heavy atom. The number of thioether (sulfide) groups is 1. The Morgan fingerprint density at radius 1 is 1.02 bits per heavy atom. The fourth-order valence-electron chi connectivity index (χ4n) is 4.71. The number of rotatable bonds is 11. The first kappa shape index (κ1) is 27.7. The van der Waals surface area contributed by atoms with Gasteiger partial charge in [-0.2, -0.15) is 0 Å². The van der Waals surface area contributed by atoms with Gasteiger partial charge in [0.2, 0.25) is 5.91 Å². The van der Waals surface area contributed by atoms with Gasteiger partial charge in [-0.25, -0.2) is 4.79 Å². The van der Waals surface area contributed by atoms with E-state index in [1.165, 1.54) is 35.1 Å². The van der Waals surface area contributed by atoms with Gasteiger partial charge in [-0.3, -0.25) is 9.36 Å². The Balaban J connectivity index is 1.27. The lowest BCUT2D eigenvalue weighted by molar-refractivity contribution is -0.115. The predicted molar refractivity (Wildman–Crippen MR) is 158 cm³/mol. The van der Waals surface area contributed by atoms with Gasteiger partial charge in [0.25, 0.3) is 0 Å². The smallest absolute Gasteiger partial charge is 0.341 e. The molecule has 1 aliphatic carbocycles. The molecule has 2 aromatic carbocycles. The number of methoxy groups -OCH3 is 2. The average Bonchev–Trinajstić information content (AvgIpc) is 3.56. The molecule has 2 N–H and O–H groups in total. The maximum absolute atomic E-state index is 12.9. The van der Waals surface area contributed by atoms with Crippen LogP contribution >= 0.6 is 23.1 Å². The maximum Gasteiger partial charge on any atom is 0.341 e. The van der Waals surface area contributed by atoms with Gasteiger partial charge in [-0.1, -0.05) is 42.1 Å². The second-order valence-electron chi connectivity index (χ2n) is 9.18. The molecule has 4 aromatic rings. The normalized spacial score (nSPS) is 12.4. The summed E-state index contributed by atoms with van der Waals surface area (Å²) in [5.41, 5.74) is 3.33. The molecule has 0 bridgehead atoms. The molecule has 1 aliphatic rings. The van der Waals surface area contributed by atoms with Crippen molar-refractivity contribution in [2.24, 2.45) is 0 Å². The van der Waals surface area contributed by atoms with Crippen molar-refractivity contribution in [1.29, 1.82) is 0 Å². The molecule has 40 heavy (non-hydrogen) atoms. The molecule has 0 radical (unpaired) electrons. The molecule has 0 aliphatic heterocycles. The van der Waals surface area contributed by atoms with E-state index in [4.69, 9.17) is 9.47 Å². The van der Waals surface area contributed by atoms with Crippen LogP contribution in [-0.2, 0) is 28.9 Å². The number of esters is 1. The number of anilines is 2. The highest BCUT2D eigenvalue weighted by Crippen LogP contribution is 2.38. The Morgan fingerprint density at radius 2 is 1.80 bits per heavy atom. The molecule has 0 unspecified atom stereocenters. The third-order valence-electron chi connectivity index (χ3n) is 6.63. The summed E-state index contributed by atoms with van der Waals surface area (Å²) in [6, 6.07) is 17.6. The summed E-state index contributed by atoms with van der Waals surface area (Å²) >= 11 is 2.95. The highest BCUT2D eigenvalue weighted by molar-refractivity contribution is 7.99. The van der Waals surface area contributed by atoms with E-state index in [0.717, 1.165) is 54.2 Å². The molecule has 0 spiro atoms. The highest BCUT2D eigenvalue weighted by atomic mass is 32.2. The van der Waals surface area contributed by atoms with Gasteiger partial charge in [0.05, 0.1) is 32.0 Å². The van der Waals surface area contributed by atoms with E-state index >= 15 is 0 Å². The number of nitrogens with one attached hydrogen (secondary N) is 2. The number of amides is 1. The van der Waals surface area contributed by atoms with Crippen LogP contribution in [0.15, 0.2) is 59.8 Å². The SMILES string of the molecule is COC(=O)c1c(NC(=O)CCSc2nnc(CNc3ccccc3OC)n2-c2ccccc2)sc2c1CCCC2. The third kappa shape index (κ3) is 6.15. The second kappa shape index (κ2) is 13.0. The molecular weight excluding hydrogens is 546 g/mol. The van der Waals surface area contributed by atoms with E-state index in [9.17, 15) is 9.59 Å². The first-order valence-electron chi connectivity index (χ1n) is 13.1. The molecule has 0 saturated carbocycles. The molecule has 208 valence electrons.